The predicted molar refractivity (Wildman–Crippen MR) is 89.2 cm³/mol. The molecule has 6 nitrogen and oxygen atoms in total. The van der Waals surface area contributed by atoms with Crippen molar-refractivity contribution in [3.63, 3.8) is 0 Å². The Morgan fingerprint density at radius 2 is 2.26 bits per heavy atom. The van der Waals surface area contributed by atoms with Crippen LogP contribution in [-0.4, -0.2) is 35.3 Å². The van der Waals surface area contributed by atoms with E-state index in [9.17, 15) is 9.59 Å². The number of aromatic amines is 1. The van der Waals surface area contributed by atoms with Crippen LogP contribution >= 0.6 is 11.8 Å². The number of amides is 1. The SMILES string of the molecule is COc1cc(=O)[nH]c(SCC(=O)N2CCCc3ccccc32)n1. The van der Waals surface area contributed by atoms with Gasteiger partial charge in [0.2, 0.25) is 11.8 Å². The van der Waals surface area contributed by atoms with Gasteiger partial charge in [-0.15, -0.1) is 0 Å². The summed E-state index contributed by atoms with van der Waals surface area (Å²) in [5, 5.41) is 0.382. The molecule has 0 saturated heterocycles. The second kappa shape index (κ2) is 6.87. The number of carbonyl (C=O) groups is 1. The normalized spacial score (nSPS) is 13.5. The Balaban J connectivity index is 1.71. The number of para-hydroxylation sites is 1. The average Bonchev–Trinajstić information content (AvgIpc) is 2.58. The van der Waals surface area contributed by atoms with Gasteiger partial charge >= 0.3 is 0 Å². The number of rotatable bonds is 4. The van der Waals surface area contributed by atoms with Gasteiger partial charge < -0.3 is 14.6 Å². The Morgan fingerprint density at radius 1 is 1.43 bits per heavy atom. The zero-order valence-electron chi connectivity index (χ0n) is 12.7. The number of H-pyrrole nitrogens is 1. The molecule has 0 aliphatic carbocycles. The van der Waals surface area contributed by atoms with E-state index < -0.39 is 0 Å². The summed E-state index contributed by atoms with van der Waals surface area (Å²) in [5.41, 5.74) is 1.89. The molecule has 2 heterocycles. The van der Waals surface area contributed by atoms with Crippen LogP contribution in [0.25, 0.3) is 0 Å². The molecular weight excluding hydrogens is 314 g/mol. The molecule has 1 aliphatic heterocycles. The van der Waals surface area contributed by atoms with Crippen molar-refractivity contribution in [3.05, 3.63) is 46.2 Å². The Bertz CT molecular complexity index is 775. The van der Waals surface area contributed by atoms with Crippen LogP contribution in [0, 0.1) is 0 Å². The van der Waals surface area contributed by atoms with Crippen molar-refractivity contribution in [3.8, 4) is 5.88 Å². The van der Waals surface area contributed by atoms with Crippen molar-refractivity contribution in [2.45, 2.75) is 18.0 Å². The number of nitrogens with zero attached hydrogens (tertiary/aromatic N) is 2. The monoisotopic (exact) mass is 331 g/mol. The van der Waals surface area contributed by atoms with Crippen molar-refractivity contribution >= 4 is 23.4 Å². The van der Waals surface area contributed by atoms with E-state index in [0.29, 0.717) is 5.16 Å². The lowest BCUT2D eigenvalue weighted by molar-refractivity contribution is -0.116. The Hall–Kier alpha value is -2.28. The number of fused-ring (bicyclic) bond motifs is 1. The third-order valence-corrected chi connectivity index (χ3v) is 4.51. The van der Waals surface area contributed by atoms with E-state index >= 15 is 0 Å². The number of thioether (sulfide) groups is 1. The van der Waals surface area contributed by atoms with Gasteiger partial charge in [-0.3, -0.25) is 9.59 Å². The Kier molecular flexibility index (Phi) is 4.66. The summed E-state index contributed by atoms with van der Waals surface area (Å²) >= 11 is 1.20. The fourth-order valence-electron chi connectivity index (χ4n) is 2.59. The summed E-state index contributed by atoms with van der Waals surface area (Å²) in [7, 11) is 1.45. The molecule has 0 unspecified atom stereocenters. The molecule has 0 fully saturated rings. The number of ether oxygens (including phenoxy) is 1. The van der Waals surface area contributed by atoms with Crippen molar-refractivity contribution in [1.82, 2.24) is 9.97 Å². The topological polar surface area (TPSA) is 75.3 Å². The number of aromatic nitrogens is 2. The third kappa shape index (κ3) is 3.56. The van der Waals surface area contributed by atoms with Gasteiger partial charge in [0.1, 0.15) is 0 Å². The van der Waals surface area contributed by atoms with Crippen molar-refractivity contribution in [1.29, 1.82) is 0 Å². The molecule has 1 amide bonds. The summed E-state index contributed by atoms with van der Waals surface area (Å²) in [5.74, 6) is 0.462. The van der Waals surface area contributed by atoms with Crippen LogP contribution in [0.15, 0.2) is 40.3 Å². The van der Waals surface area contributed by atoms with Gasteiger partial charge in [-0.05, 0) is 24.5 Å². The first kappa shape index (κ1) is 15.6. The molecule has 1 aromatic heterocycles. The maximum absolute atomic E-state index is 12.5. The fourth-order valence-corrected chi connectivity index (χ4v) is 3.33. The average molecular weight is 331 g/mol. The van der Waals surface area contributed by atoms with Gasteiger partial charge in [-0.1, -0.05) is 30.0 Å². The zero-order chi connectivity index (χ0) is 16.2. The Morgan fingerprint density at radius 3 is 3.09 bits per heavy atom. The summed E-state index contributed by atoms with van der Waals surface area (Å²) in [6, 6.07) is 9.24. The number of benzene rings is 1. The first-order valence-electron chi connectivity index (χ1n) is 7.34. The van der Waals surface area contributed by atoms with Crippen LogP contribution < -0.4 is 15.2 Å². The van der Waals surface area contributed by atoms with E-state index in [-0.39, 0.29) is 23.1 Å². The first-order chi connectivity index (χ1) is 11.2. The van der Waals surface area contributed by atoms with E-state index in [0.717, 1.165) is 25.1 Å². The summed E-state index contributed by atoms with van der Waals surface area (Å²) in [6.45, 7) is 0.721. The number of aryl methyl sites for hydroxylation is 1. The quantitative estimate of drug-likeness (QED) is 0.683. The van der Waals surface area contributed by atoms with Crippen LogP contribution in [0.3, 0.4) is 0 Å². The first-order valence-corrected chi connectivity index (χ1v) is 8.32. The molecule has 0 atom stereocenters. The van der Waals surface area contributed by atoms with Crippen LogP contribution in [-0.2, 0) is 11.2 Å². The lowest BCUT2D eigenvalue weighted by Crippen LogP contribution is -2.36. The molecule has 120 valence electrons. The van der Waals surface area contributed by atoms with E-state index in [1.54, 1.807) is 0 Å². The molecule has 0 spiro atoms. The number of hydrogen-bond donors (Lipinski definition) is 1. The maximum Gasteiger partial charge on any atom is 0.255 e. The highest BCUT2D eigenvalue weighted by Gasteiger charge is 2.22. The van der Waals surface area contributed by atoms with Gasteiger partial charge in [-0.2, -0.15) is 4.98 Å². The standard InChI is InChI=1S/C16H17N3O3S/c1-22-14-9-13(20)17-16(18-14)23-10-15(21)19-8-4-6-11-5-2-3-7-12(11)19/h2-3,5,7,9H,4,6,8,10H2,1H3,(H,17,18,20). The van der Waals surface area contributed by atoms with Gasteiger partial charge in [-0.25, -0.2) is 0 Å². The lowest BCUT2D eigenvalue weighted by Gasteiger charge is -2.29. The van der Waals surface area contributed by atoms with Crippen LogP contribution in [0.5, 0.6) is 5.88 Å². The summed E-state index contributed by atoms with van der Waals surface area (Å²) in [4.78, 5) is 32.6. The number of hydrogen-bond acceptors (Lipinski definition) is 5. The predicted octanol–water partition coefficient (Wildman–Crippen LogP) is 1.85. The molecule has 1 N–H and O–H groups in total. The third-order valence-electron chi connectivity index (χ3n) is 3.65. The highest BCUT2D eigenvalue weighted by atomic mass is 32.2. The molecule has 7 heteroatoms. The van der Waals surface area contributed by atoms with Gasteiger partial charge in [0, 0.05) is 12.2 Å². The largest absolute Gasteiger partial charge is 0.481 e. The number of anilines is 1. The second-order valence-electron chi connectivity index (χ2n) is 5.16. The van der Waals surface area contributed by atoms with E-state index in [4.69, 9.17) is 4.74 Å². The van der Waals surface area contributed by atoms with E-state index in [1.165, 1.54) is 30.5 Å². The lowest BCUT2D eigenvalue weighted by atomic mass is 10.0. The van der Waals surface area contributed by atoms with E-state index in [2.05, 4.69) is 16.0 Å². The van der Waals surface area contributed by atoms with Gasteiger partial charge in [0.25, 0.3) is 5.56 Å². The molecule has 1 aliphatic rings. The molecule has 1 aromatic carbocycles. The van der Waals surface area contributed by atoms with Crippen molar-refractivity contribution in [2.75, 3.05) is 24.3 Å². The maximum atomic E-state index is 12.5. The van der Waals surface area contributed by atoms with Crippen molar-refractivity contribution in [2.24, 2.45) is 0 Å². The van der Waals surface area contributed by atoms with Crippen LogP contribution in [0.1, 0.15) is 12.0 Å². The molecule has 0 bridgehead atoms. The number of carbonyl (C=O) groups excluding carboxylic acids is 1. The van der Waals surface area contributed by atoms with E-state index in [1.807, 2.05) is 23.1 Å². The minimum Gasteiger partial charge on any atom is -0.481 e. The highest BCUT2D eigenvalue weighted by Crippen LogP contribution is 2.27. The van der Waals surface area contributed by atoms with Crippen LogP contribution in [0.2, 0.25) is 0 Å². The summed E-state index contributed by atoms with van der Waals surface area (Å²) in [6.07, 6.45) is 1.96. The Labute approximate surface area is 137 Å². The minimum atomic E-state index is -0.296. The second-order valence-corrected chi connectivity index (χ2v) is 6.12. The van der Waals surface area contributed by atoms with Gasteiger partial charge in [0.05, 0.1) is 18.9 Å². The minimum absolute atomic E-state index is 0.00705. The number of methoxy groups -OCH3 is 1. The molecule has 23 heavy (non-hydrogen) atoms. The zero-order valence-corrected chi connectivity index (χ0v) is 13.6. The molecule has 0 radical (unpaired) electrons. The molecule has 2 aromatic rings. The van der Waals surface area contributed by atoms with Gasteiger partial charge in [0.15, 0.2) is 5.16 Å². The summed E-state index contributed by atoms with van der Waals surface area (Å²) < 4.78 is 4.97. The fraction of sp³-hybridized carbons (Fsp3) is 0.312. The number of nitrogens with one attached hydrogen (secondary N) is 1. The smallest absolute Gasteiger partial charge is 0.255 e. The molecule has 3 rings (SSSR count). The molecule has 0 saturated carbocycles. The van der Waals surface area contributed by atoms with Crippen LogP contribution in [0.4, 0.5) is 5.69 Å². The highest BCUT2D eigenvalue weighted by molar-refractivity contribution is 7.99. The van der Waals surface area contributed by atoms with Crippen molar-refractivity contribution < 1.29 is 9.53 Å². The molecular formula is C16H17N3O3S.